The standard InChI is InChI=1S/C11H17NO3/c1-3-15-11(14)10-8(2)12-7-9(10)5-4-6-13/h7,12-13H,3-6H2,1-2H3. The Bertz CT molecular complexity index is 331. The fraction of sp³-hybridized carbons (Fsp3) is 0.545. The third-order valence-corrected chi connectivity index (χ3v) is 2.24. The van der Waals surface area contributed by atoms with Crippen LogP contribution in [0.25, 0.3) is 0 Å². The van der Waals surface area contributed by atoms with Gasteiger partial charge in [-0.1, -0.05) is 0 Å². The molecule has 0 amide bonds. The number of aliphatic hydroxyl groups excluding tert-OH is 1. The molecule has 0 aromatic carbocycles. The predicted octanol–water partition coefficient (Wildman–Crippen LogP) is 1.42. The number of carbonyl (C=O) groups excluding carboxylic acids is 1. The Hall–Kier alpha value is -1.29. The molecule has 0 spiro atoms. The first-order valence-electron chi connectivity index (χ1n) is 5.15. The van der Waals surface area contributed by atoms with E-state index in [1.807, 2.05) is 6.92 Å². The van der Waals surface area contributed by atoms with Gasteiger partial charge in [0.1, 0.15) is 0 Å². The summed E-state index contributed by atoms with van der Waals surface area (Å²) in [7, 11) is 0. The van der Waals surface area contributed by atoms with E-state index in [1.54, 1.807) is 13.1 Å². The molecule has 0 aliphatic rings. The number of carbonyl (C=O) groups is 1. The minimum absolute atomic E-state index is 0.131. The predicted molar refractivity (Wildman–Crippen MR) is 56.9 cm³/mol. The third kappa shape index (κ3) is 2.83. The van der Waals surface area contributed by atoms with E-state index >= 15 is 0 Å². The summed E-state index contributed by atoms with van der Waals surface area (Å²) in [6.07, 6.45) is 3.15. The molecule has 0 unspecified atom stereocenters. The Labute approximate surface area is 89.3 Å². The summed E-state index contributed by atoms with van der Waals surface area (Å²) in [5, 5.41) is 8.74. The van der Waals surface area contributed by atoms with E-state index < -0.39 is 0 Å². The maximum Gasteiger partial charge on any atom is 0.340 e. The molecular weight excluding hydrogens is 194 g/mol. The first-order chi connectivity index (χ1) is 7.20. The van der Waals surface area contributed by atoms with Gasteiger partial charge in [0.15, 0.2) is 0 Å². The normalized spacial score (nSPS) is 10.3. The van der Waals surface area contributed by atoms with E-state index in [4.69, 9.17) is 9.84 Å². The van der Waals surface area contributed by atoms with E-state index in [0.29, 0.717) is 25.0 Å². The number of aromatic nitrogens is 1. The summed E-state index contributed by atoms with van der Waals surface area (Å²) >= 11 is 0. The molecule has 4 heteroatoms. The molecule has 84 valence electrons. The SMILES string of the molecule is CCOC(=O)c1c(CCCO)c[nH]c1C. The number of hydrogen-bond acceptors (Lipinski definition) is 3. The summed E-state index contributed by atoms with van der Waals surface area (Å²) in [5.74, 6) is -0.288. The van der Waals surface area contributed by atoms with Gasteiger partial charge in [-0.05, 0) is 32.3 Å². The van der Waals surface area contributed by atoms with Gasteiger partial charge in [-0.25, -0.2) is 4.79 Å². The highest BCUT2D eigenvalue weighted by Gasteiger charge is 2.16. The smallest absolute Gasteiger partial charge is 0.340 e. The summed E-state index contributed by atoms with van der Waals surface area (Å²) < 4.78 is 4.97. The van der Waals surface area contributed by atoms with Gasteiger partial charge in [0.2, 0.25) is 0 Å². The van der Waals surface area contributed by atoms with Gasteiger partial charge in [-0.3, -0.25) is 0 Å². The van der Waals surface area contributed by atoms with Crippen LogP contribution < -0.4 is 0 Å². The molecular formula is C11H17NO3. The average Bonchev–Trinajstić information content (AvgIpc) is 2.57. The lowest BCUT2D eigenvalue weighted by Gasteiger charge is -2.04. The topological polar surface area (TPSA) is 62.3 Å². The Morgan fingerprint density at radius 2 is 2.33 bits per heavy atom. The molecule has 1 heterocycles. The number of nitrogens with one attached hydrogen (secondary N) is 1. The van der Waals surface area contributed by atoms with Gasteiger partial charge in [-0.2, -0.15) is 0 Å². The summed E-state index contributed by atoms with van der Waals surface area (Å²) in [6, 6.07) is 0. The lowest BCUT2D eigenvalue weighted by Crippen LogP contribution is -2.08. The Morgan fingerprint density at radius 3 is 2.93 bits per heavy atom. The van der Waals surface area contributed by atoms with E-state index in [1.165, 1.54) is 0 Å². The summed E-state index contributed by atoms with van der Waals surface area (Å²) in [6.45, 7) is 4.14. The minimum atomic E-state index is -0.288. The number of aliphatic hydroxyl groups is 1. The Kier molecular flexibility index (Phi) is 4.37. The molecule has 1 rings (SSSR count). The highest BCUT2D eigenvalue weighted by Crippen LogP contribution is 2.16. The lowest BCUT2D eigenvalue weighted by atomic mass is 10.1. The molecule has 0 saturated carbocycles. The zero-order valence-corrected chi connectivity index (χ0v) is 9.17. The molecule has 0 atom stereocenters. The first-order valence-corrected chi connectivity index (χ1v) is 5.15. The molecule has 0 radical (unpaired) electrons. The summed E-state index contributed by atoms with van der Waals surface area (Å²) in [5.41, 5.74) is 2.35. The van der Waals surface area contributed by atoms with Crippen molar-refractivity contribution in [3.63, 3.8) is 0 Å². The quantitative estimate of drug-likeness (QED) is 0.724. The average molecular weight is 211 g/mol. The molecule has 0 aliphatic heterocycles. The molecule has 1 aromatic rings. The van der Waals surface area contributed by atoms with Crippen molar-refractivity contribution in [2.45, 2.75) is 26.7 Å². The number of ether oxygens (including phenoxy) is 1. The monoisotopic (exact) mass is 211 g/mol. The minimum Gasteiger partial charge on any atom is -0.462 e. The van der Waals surface area contributed by atoms with E-state index in [9.17, 15) is 4.79 Å². The number of aromatic amines is 1. The second-order valence-electron chi connectivity index (χ2n) is 3.36. The van der Waals surface area contributed by atoms with Crippen LogP contribution >= 0.6 is 0 Å². The molecule has 2 N–H and O–H groups in total. The van der Waals surface area contributed by atoms with Crippen molar-refractivity contribution in [2.75, 3.05) is 13.2 Å². The van der Waals surface area contributed by atoms with Crippen LogP contribution in [0.3, 0.4) is 0 Å². The third-order valence-electron chi connectivity index (χ3n) is 2.24. The van der Waals surface area contributed by atoms with E-state index in [-0.39, 0.29) is 12.6 Å². The summed E-state index contributed by atoms with van der Waals surface area (Å²) in [4.78, 5) is 14.6. The zero-order valence-electron chi connectivity index (χ0n) is 9.17. The van der Waals surface area contributed by atoms with Crippen LogP contribution in [-0.4, -0.2) is 29.3 Å². The number of esters is 1. The number of hydrogen-bond donors (Lipinski definition) is 2. The van der Waals surface area contributed by atoms with Crippen LogP contribution in [0.4, 0.5) is 0 Å². The van der Waals surface area contributed by atoms with E-state index in [2.05, 4.69) is 4.98 Å². The number of H-pyrrole nitrogens is 1. The van der Waals surface area contributed by atoms with Crippen LogP contribution in [0, 0.1) is 6.92 Å². The second-order valence-corrected chi connectivity index (χ2v) is 3.36. The molecule has 0 aliphatic carbocycles. The molecule has 0 saturated heterocycles. The molecule has 1 aromatic heterocycles. The number of aryl methyl sites for hydroxylation is 2. The first kappa shape index (κ1) is 11.8. The van der Waals surface area contributed by atoms with Crippen molar-refractivity contribution in [3.8, 4) is 0 Å². The molecule has 15 heavy (non-hydrogen) atoms. The van der Waals surface area contributed by atoms with Crippen LogP contribution in [0.2, 0.25) is 0 Å². The van der Waals surface area contributed by atoms with Crippen molar-refractivity contribution < 1.29 is 14.6 Å². The second kappa shape index (κ2) is 5.56. The fourth-order valence-electron chi connectivity index (χ4n) is 1.53. The van der Waals surface area contributed by atoms with Crippen molar-refractivity contribution in [2.24, 2.45) is 0 Å². The maximum absolute atomic E-state index is 11.6. The van der Waals surface area contributed by atoms with Gasteiger partial charge in [-0.15, -0.1) is 0 Å². The van der Waals surface area contributed by atoms with Crippen molar-refractivity contribution in [1.29, 1.82) is 0 Å². The molecule has 0 fully saturated rings. The highest BCUT2D eigenvalue weighted by molar-refractivity contribution is 5.92. The van der Waals surface area contributed by atoms with Crippen LogP contribution in [0.5, 0.6) is 0 Å². The highest BCUT2D eigenvalue weighted by atomic mass is 16.5. The zero-order chi connectivity index (χ0) is 11.3. The van der Waals surface area contributed by atoms with Gasteiger partial charge < -0.3 is 14.8 Å². The maximum atomic E-state index is 11.6. The van der Waals surface area contributed by atoms with Gasteiger partial charge >= 0.3 is 5.97 Å². The van der Waals surface area contributed by atoms with Crippen molar-refractivity contribution in [3.05, 3.63) is 23.0 Å². The largest absolute Gasteiger partial charge is 0.462 e. The van der Waals surface area contributed by atoms with E-state index in [0.717, 1.165) is 11.3 Å². The van der Waals surface area contributed by atoms with Crippen LogP contribution in [0.1, 0.15) is 35.0 Å². The van der Waals surface area contributed by atoms with Crippen LogP contribution in [-0.2, 0) is 11.2 Å². The number of rotatable bonds is 5. The van der Waals surface area contributed by atoms with Gasteiger partial charge in [0.25, 0.3) is 0 Å². The Morgan fingerprint density at radius 1 is 1.60 bits per heavy atom. The van der Waals surface area contributed by atoms with Gasteiger partial charge in [0.05, 0.1) is 12.2 Å². The van der Waals surface area contributed by atoms with Crippen molar-refractivity contribution in [1.82, 2.24) is 4.98 Å². The van der Waals surface area contributed by atoms with Crippen LogP contribution in [0.15, 0.2) is 6.20 Å². The molecule has 4 nitrogen and oxygen atoms in total. The lowest BCUT2D eigenvalue weighted by molar-refractivity contribution is 0.0524. The van der Waals surface area contributed by atoms with Gasteiger partial charge in [0, 0.05) is 18.5 Å². The fourth-order valence-corrected chi connectivity index (χ4v) is 1.53. The van der Waals surface area contributed by atoms with Crippen molar-refractivity contribution >= 4 is 5.97 Å². The Balaban J connectivity index is 2.83. The molecule has 0 bridgehead atoms.